The number of nitrogens with zero attached hydrogens (tertiary/aromatic N) is 2. The van der Waals surface area contributed by atoms with E-state index >= 15 is 0 Å². The molecule has 0 aliphatic carbocycles. The zero-order valence-electron chi connectivity index (χ0n) is 13.4. The van der Waals surface area contributed by atoms with Crippen molar-refractivity contribution in [3.8, 4) is 0 Å². The topological polar surface area (TPSA) is 69.3 Å². The second-order valence-corrected chi connectivity index (χ2v) is 5.43. The van der Waals surface area contributed by atoms with Crippen molar-refractivity contribution in [2.75, 3.05) is 7.11 Å². The molecule has 3 rings (SSSR count). The molecule has 0 saturated heterocycles. The number of furan rings is 1. The van der Waals surface area contributed by atoms with Gasteiger partial charge in [0.2, 0.25) is 0 Å². The second kappa shape index (κ2) is 7.61. The number of aromatic nitrogens is 2. The monoisotopic (exact) mass is 325 g/mol. The fourth-order valence-electron chi connectivity index (χ4n) is 2.34. The number of methoxy groups -OCH3 is 1. The highest BCUT2D eigenvalue weighted by Crippen LogP contribution is 2.10. The summed E-state index contributed by atoms with van der Waals surface area (Å²) in [5.41, 5.74) is 2.21. The van der Waals surface area contributed by atoms with E-state index in [0.717, 1.165) is 12.1 Å². The normalized spacial score (nSPS) is 10.7. The minimum Gasteiger partial charge on any atom is -0.453 e. The molecule has 0 atom stereocenters. The summed E-state index contributed by atoms with van der Waals surface area (Å²) >= 11 is 0. The van der Waals surface area contributed by atoms with Gasteiger partial charge in [0.25, 0.3) is 5.91 Å². The molecule has 0 saturated carbocycles. The molecule has 0 fully saturated rings. The molecule has 0 aliphatic rings. The summed E-state index contributed by atoms with van der Waals surface area (Å²) < 4.78 is 12.4. The maximum Gasteiger partial charge on any atom is 0.287 e. The first-order chi connectivity index (χ1) is 11.7. The van der Waals surface area contributed by atoms with Gasteiger partial charge >= 0.3 is 0 Å². The molecule has 2 heterocycles. The first-order valence-corrected chi connectivity index (χ1v) is 7.64. The molecular formula is C18H19N3O3. The van der Waals surface area contributed by atoms with E-state index in [1.807, 2.05) is 35.0 Å². The first-order valence-electron chi connectivity index (χ1n) is 7.64. The van der Waals surface area contributed by atoms with Crippen molar-refractivity contribution >= 4 is 5.91 Å². The predicted molar refractivity (Wildman–Crippen MR) is 88.4 cm³/mol. The maximum atomic E-state index is 12.1. The highest BCUT2D eigenvalue weighted by atomic mass is 16.5. The molecule has 1 N–H and O–H groups in total. The van der Waals surface area contributed by atoms with Gasteiger partial charge in [0.05, 0.1) is 6.33 Å². The molecule has 0 bridgehead atoms. The minimum absolute atomic E-state index is 0.236. The number of rotatable bonds is 7. The number of nitrogens with one attached hydrogen (secondary N) is 1. The van der Waals surface area contributed by atoms with Gasteiger partial charge in [-0.05, 0) is 23.3 Å². The van der Waals surface area contributed by atoms with Crippen LogP contribution in [0.5, 0.6) is 0 Å². The van der Waals surface area contributed by atoms with Crippen LogP contribution in [0.1, 0.15) is 27.4 Å². The first kappa shape index (κ1) is 16.0. The predicted octanol–water partition coefficient (Wildman–Crippen LogP) is 2.60. The molecule has 1 amide bonds. The smallest absolute Gasteiger partial charge is 0.287 e. The number of benzene rings is 1. The molecule has 6 nitrogen and oxygen atoms in total. The Kier molecular flexibility index (Phi) is 5.08. The Balaban J connectivity index is 1.53. The Bertz CT molecular complexity index is 776. The molecule has 0 radical (unpaired) electrons. The molecule has 1 aromatic carbocycles. The van der Waals surface area contributed by atoms with E-state index in [4.69, 9.17) is 9.15 Å². The van der Waals surface area contributed by atoms with Crippen molar-refractivity contribution in [2.24, 2.45) is 0 Å². The Hall–Kier alpha value is -2.86. The third kappa shape index (κ3) is 4.11. The Labute approximate surface area is 140 Å². The van der Waals surface area contributed by atoms with Crippen LogP contribution >= 0.6 is 0 Å². The summed E-state index contributed by atoms with van der Waals surface area (Å²) in [6, 6.07) is 11.5. The number of carbonyl (C=O) groups excluding carboxylic acids is 1. The van der Waals surface area contributed by atoms with E-state index < -0.39 is 0 Å². The van der Waals surface area contributed by atoms with Gasteiger partial charge < -0.3 is 19.0 Å². The number of amides is 1. The lowest BCUT2D eigenvalue weighted by molar-refractivity contribution is 0.0914. The quantitative estimate of drug-likeness (QED) is 0.725. The lowest BCUT2D eigenvalue weighted by Gasteiger charge is -2.06. The number of hydrogen-bond donors (Lipinski definition) is 1. The van der Waals surface area contributed by atoms with Crippen molar-refractivity contribution in [3.05, 3.63) is 77.8 Å². The molecule has 0 spiro atoms. The number of hydrogen-bond acceptors (Lipinski definition) is 4. The van der Waals surface area contributed by atoms with Gasteiger partial charge in [0.15, 0.2) is 5.76 Å². The molecule has 124 valence electrons. The molecule has 6 heteroatoms. The number of imidazole rings is 1. The summed E-state index contributed by atoms with van der Waals surface area (Å²) in [5, 5.41) is 2.85. The highest BCUT2D eigenvalue weighted by Gasteiger charge is 2.10. The third-order valence-electron chi connectivity index (χ3n) is 3.57. The molecule has 0 unspecified atom stereocenters. The zero-order chi connectivity index (χ0) is 16.8. The average molecular weight is 325 g/mol. The largest absolute Gasteiger partial charge is 0.453 e. The molecule has 3 aromatic rings. The van der Waals surface area contributed by atoms with Gasteiger partial charge in [-0.2, -0.15) is 0 Å². The van der Waals surface area contributed by atoms with E-state index in [0.29, 0.717) is 24.7 Å². The van der Waals surface area contributed by atoms with E-state index in [1.54, 1.807) is 31.8 Å². The van der Waals surface area contributed by atoms with Crippen LogP contribution in [-0.4, -0.2) is 22.6 Å². The van der Waals surface area contributed by atoms with Crippen LogP contribution in [0.25, 0.3) is 0 Å². The van der Waals surface area contributed by atoms with Gasteiger partial charge in [-0.15, -0.1) is 0 Å². The van der Waals surface area contributed by atoms with E-state index in [1.165, 1.54) is 5.56 Å². The molecule has 2 aromatic heterocycles. The third-order valence-corrected chi connectivity index (χ3v) is 3.57. The Morgan fingerprint density at radius 2 is 2.00 bits per heavy atom. The molecule has 0 aliphatic heterocycles. The van der Waals surface area contributed by atoms with Crippen LogP contribution in [0.2, 0.25) is 0 Å². The van der Waals surface area contributed by atoms with Crippen LogP contribution in [0, 0.1) is 0 Å². The summed E-state index contributed by atoms with van der Waals surface area (Å²) in [6.07, 6.45) is 5.47. The van der Waals surface area contributed by atoms with E-state index in [9.17, 15) is 4.79 Å². The van der Waals surface area contributed by atoms with Gasteiger partial charge in [-0.3, -0.25) is 4.79 Å². The van der Waals surface area contributed by atoms with Crippen molar-refractivity contribution in [3.63, 3.8) is 0 Å². The van der Waals surface area contributed by atoms with Crippen molar-refractivity contribution in [1.29, 1.82) is 0 Å². The van der Waals surface area contributed by atoms with Crippen LogP contribution in [-0.2, 0) is 24.4 Å². The number of ether oxygens (including phenoxy) is 1. The summed E-state index contributed by atoms with van der Waals surface area (Å²) in [7, 11) is 1.58. The Morgan fingerprint density at radius 1 is 1.21 bits per heavy atom. The van der Waals surface area contributed by atoms with Crippen LogP contribution in [0.3, 0.4) is 0 Å². The van der Waals surface area contributed by atoms with Gasteiger partial charge in [-0.25, -0.2) is 4.98 Å². The highest BCUT2D eigenvalue weighted by molar-refractivity contribution is 5.91. The van der Waals surface area contributed by atoms with Gasteiger partial charge in [0.1, 0.15) is 12.4 Å². The van der Waals surface area contributed by atoms with Gasteiger partial charge in [0, 0.05) is 32.6 Å². The summed E-state index contributed by atoms with van der Waals surface area (Å²) in [5.74, 6) is 0.685. The minimum atomic E-state index is -0.236. The van der Waals surface area contributed by atoms with Crippen LogP contribution in [0.4, 0.5) is 0 Å². The van der Waals surface area contributed by atoms with Crippen molar-refractivity contribution in [2.45, 2.75) is 19.7 Å². The standard InChI is InChI=1S/C18H19N3O3/c1-23-12-16-6-7-17(24-16)18(22)20-10-14-2-4-15(5-3-14)11-21-9-8-19-13-21/h2-9,13H,10-12H2,1H3,(H,20,22). The lowest BCUT2D eigenvalue weighted by atomic mass is 10.1. The fraction of sp³-hybridized carbons (Fsp3) is 0.222. The average Bonchev–Trinajstić information content (AvgIpc) is 3.26. The van der Waals surface area contributed by atoms with Crippen molar-refractivity contribution in [1.82, 2.24) is 14.9 Å². The SMILES string of the molecule is COCc1ccc(C(=O)NCc2ccc(Cn3ccnc3)cc2)o1. The Morgan fingerprint density at radius 3 is 2.71 bits per heavy atom. The van der Waals surface area contributed by atoms with Crippen LogP contribution < -0.4 is 5.32 Å². The lowest BCUT2D eigenvalue weighted by Crippen LogP contribution is -2.22. The molecular weight excluding hydrogens is 306 g/mol. The summed E-state index contributed by atoms with van der Waals surface area (Å²) in [4.78, 5) is 16.1. The van der Waals surface area contributed by atoms with E-state index in [-0.39, 0.29) is 5.91 Å². The van der Waals surface area contributed by atoms with Gasteiger partial charge in [-0.1, -0.05) is 24.3 Å². The fourth-order valence-corrected chi connectivity index (χ4v) is 2.34. The maximum absolute atomic E-state index is 12.1. The summed E-state index contributed by atoms with van der Waals surface area (Å²) in [6.45, 7) is 1.58. The molecule has 24 heavy (non-hydrogen) atoms. The van der Waals surface area contributed by atoms with Crippen molar-refractivity contribution < 1.29 is 13.9 Å². The number of carbonyl (C=O) groups is 1. The van der Waals surface area contributed by atoms with Crippen LogP contribution in [0.15, 0.2) is 59.5 Å². The zero-order valence-corrected chi connectivity index (χ0v) is 13.4. The van der Waals surface area contributed by atoms with E-state index in [2.05, 4.69) is 10.3 Å². The second-order valence-electron chi connectivity index (χ2n) is 5.43.